The third-order valence-electron chi connectivity index (χ3n) is 3.96. The zero-order valence-corrected chi connectivity index (χ0v) is 13.2. The molecule has 4 heteroatoms. The molecule has 1 heterocycles. The smallest absolute Gasteiger partial charge is 0.180 e. The van der Waals surface area contributed by atoms with Gasteiger partial charge in [-0.3, -0.25) is 9.69 Å². The Morgan fingerprint density at radius 1 is 1.33 bits per heavy atom. The van der Waals surface area contributed by atoms with Crippen LogP contribution in [0, 0.1) is 6.92 Å². The number of methoxy groups -OCH3 is 1. The number of likely N-dealkylation sites (tertiary alicyclic amines) is 1. The van der Waals surface area contributed by atoms with Crippen molar-refractivity contribution in [1.29, 1.82) is 0 Å². The first-order valence-electron chi connectivity index (χ1n) is 7.65. The fraction of sp³-hybridized carbons (Fsp3) is 0.588. The van der Waals surface area contributed by atoms with Crippen molar-refractivity contribution in [3.05, 3.63) is 29.3 Å². The summed E-state index contributed by atoms with van der Waals surface area (Å²) >= 11 is 0. The van der Waals surface area contributed by atoms with Gasteiger partial charge in [0.25, 0.3) is 0 Å². The van der Waals surface area contributed by atoms with Gasteiger partial charge in [0.05, 0.1) is 25.3 Å². The van der Waals surface area contributed by atoms with Crippen LogP contribution >= 0.6 is 0 Å². The van der Waals surface area contributed by atoms with Gasteiger partial charge in [0, 0.05) is 19.7 Å². The van der Waals surface area contributed by atoms with E-state index in [-0.39, 0.29) is 5.78 Å². The van der Waals surface area contributed by atoms with E-state index >= 15 is 0 Å². The van der Waals surface area contributed by atoms with Crippen LogP contribution in [-0.4, -0.2) is 50.1 Å². The molecule has 0 radical (unpaired) electrons. The number of ketones is 1. The minimum absolute atomic E-state index is 0.127. The van der Waals surface area contributed by atoms with E-state index in [1.807, 2.05) is 32.0 Å². The van der Waals surface area contributed by atoms with Crippen LogP contribution in [0.2, 0.25) is 0 Å². The molecule has 0 N–H and O–H groups in total. The quantitative estimate of drug-likeness (QED) is 0.755. The monoisotopic (exact) mass is 291 g/mol. The summed E-state index contributed by atoms with van der Waals surface area (Å²) in [6.07, 6.45) is 2.37. The van der Waals surface area contributed by atoms with Crippen molar-refractivity contribution in [2.75, 3.05) is 33.4 Å². The highest BCUT2D eigenvalue weighted by molar-refractivity contribution is 6.00. The number of ether oxygens (including phenoxy) is 2. The van der Waals surface area contributed by atoms with E-state index in [9.17, 15) is 4.79 Å². The Hall–Kier alpha value is -1.39. The maximum atomic E-state index is 12.5. The van der Waals surface area contributed by atoms with Crippen molar-refractivity contribution in [2.24, 2.45) is 0 Å². The Kier molecular flexibility index (Phi) is 5.76. The van der Waals surface area contributed by atoms with Crippen molar-refractivity contribution < 1.29 is 14.3 Å². The van der Waals surface area contributed by atoms with Crippen molar-refractivity contribution in [3.63, 3.8) is 0 Å². The van der Waals surface area contributed by atoms with Crippen molar-refractivity contribution >= 4 is 5.78 Å². The molecule has 1 fully saturated rings. The summed E-state index contributed by atoms with van der Waals surface area (Å²) in [5, 5.41) is 0. The molecule has 4 nitrogen and oxygen atoms in total. The van der Waals surface area contributed by atoms with E-state index in [4.69, 9.17) is 9.47 Å². The van der Waals surface area contributed by atoms with E-state index in [2.05, 4.69) is 4.90 Å². The number of hydrogen-bond acceptors (Lipinski definition) is 4. The SMILES string of the molecule is CCOC1CCN(CC(=O)c2ccc(C)cc2OC)CC1. The number of piperidine rings is 1. The number of nitrogens with zero attached hydrogens (tertiary/aromatic N) is 1. The average Bonchev–Trinajstić information content (AvgIpc) is 2.49. The molecule has 0 unspecified atom stereocenters. The van der Waals surface area contributed by atoms with Gasteiger partial charge in [-0.1, -0.05) is 6.07 Å². The molecule has 0 aliphatic carbocycles. The first-order valence-corrected chi connectivity index (χ1v) is 7.65. The summed E-state index contributed by atoms with van der Waals surface area (Å²) in [7, 11) is 1.61. The van der Waals surface area contributed by atoms with Crippen molar-refractivity contribution in [3.8, 4) is 5.75 Å². The molecule has 1 aliphatic rings. The zero-order chi connectivity index (χ0) is 15.2. The summed E-state index contributed by atoms with van der Waals surface area (Å²) in [5.74, 6) is 0.797. The summed E-state index contributed by atoms with van der Waals surface area (Å²) in [6, 6.07) is 5.73. The van der Waals surface area contributed by atoms with Gasteiger partial charge in [-0.15, -0.1) is 0 Å². The van der Waals surface area contributed by atoms with Crippen LogP contribution in [0.25, 0.3) is 0 Å². The number of aryl methyl sites for hydroxylation is 1. The standard InChI is InChI=1S/C17H25NO3/c1-4-21-14-7-9-18(10-8-14)12-16(19)15-6-5-13(2)11-17(15)20-3/h5-6,11,14H,4,7-10,12H2,1-3H3. The van der Waals surface area contributed by atoms with Crippen molar-refractivity contribution in [2.45, 2.75) is 32.8 Å². The van der Waals surface area contributed by atoms with Crippen LogP contribution in [-0.2, 0) is 4.74 Å². The molecule has 0 amide bonds. The molecule has 0 aromatic heterocycles. The lowest BCUT2D eigenvalue weighted by Gasteiger charge is -2.31. The van der Waals surface area contributed by atoms with Crippen LogP contribution < -0.4 is 4.74 Å². The maximum absolute atomic E-state index is 12.5. The minimum Gasteiger partial charge on any atom is -0.496 e. The molecule has 1 saturated heterocycles. The molecule has 1 aromatic carbocycles. The lowest BCUT2D eigenvalue weighted by molar-refractivity contribution is 0.0147. The normalized spacial score (nSPS) is 16.9. The fourth-order valence-corrected chi connectivity index (χ4v) is 2.79. The van der Waals surface area contributed by atoms with E-state index in [0.717, 1.165) is 38.1 Å². The number of carbonyl (C=O) groups excluding carboxylic acids is 1. The lowest BCUT2D eigenvalue weighted by atomic mass is 10.0. The number of Topliss-reactive ketones (excluding diaryl/α,β-unsaturated/α-hetero) is 1. The minimum atomic E-state index is 0.127. The van der Waals surface area contributed by atoms with Gasteiger partial charge in [-0.05, 0) is 44.4 Å². The van der Waals surface area contributed by atoms with Gasteiger partial charge in [0.15, 0.2) is 5.78 Å². The van der Waals surface area contributed by atoms with Crippen molar-refractivity contribution in [1.82, 2.24) is 4.90 Å². The number of benzene rings is 1. The Bertz CT molecular complexity index is 479. The Morgan fingerprint density at radius 3 is 2.67 bits per heavy atom. The summed E-state index contributed by atoms with van der Waals surface area (Å²) in [6.45, 7) is 7.09. The molecule has 2 rings (SSSR count). The highest BCUT2D eigenvalue weighted by Gasteiger charge is 2.22. The van der Waals surface area contributed by atoms with Crippen LogP contribution in [0.4, 0.5) is 0 Å². The molecular weight excluding hydrogens is 266 g/mol. The summed E-state index contributed by atoms with van der Waals surface area (Å²) in [5.41, 5.74) is 1.77. The van der Waals surface area contributed by atoms with Crippen LogP contribution in [0.5, 0.6) is 5.75 Å². The second-order valence-electron chi connectivity index (χ2n) is 5.56. The molecule has 116 valence electrons. The third kappa shape index (κ3) is 4.29. The topological polar surface area (TPSA) is 38.8 Å². The van der Waals surface area contributed by atoms with E-state index in [0.29, 0.717) is 24.0 Å². The third-order valence-corrected chi connectivity index (χ3v) is 3.96. The highest BCUT2D eigenvalue weighted by atomic mass is 16.5. The zero-order valence-electron chi connectivity index (χ0n) is 13.2. The second-order valence-corrected chi connectivity index (χ2v) is 5.56. The number of rotatable bonds is 6. The van der Waals surface area contributed by atoms with Crippen LogP contribution in [0.1, 0.15) is 35.7 Å². The predicted molar refractivity (Wildman–Crippen MR) is 83.1 cm³/mol. The van der Waals surface area contributed by atoms with Crippen LogP contribution in [0.3, 0.4) is 0 Å². The van der Waals surface area contributed by atoms with Gasteiger partial charge in [0.1, 0.15) is 5.75 Å². The van der Waals surface area contributed by atoms with Crippen LogP contribution in [0.15, 0.2) is 18.2 Å². The first-order chi connectivity index (χ1) is 10.1. The van der Waals surface area contributed by atoms with Gasteiger partial charge >= 0.3 is 0 Å². The number of carbonyl (C=O) groups is 1. The average molecular weight is 291 g/mol. The molecular formula is C17H25NO3. The predicted octanol–water partition coefficient (Wildman–Crippen LogP) is 2.69. The van der Waals surface area contributed by atoms with Gasteiger partial charge in [-0.2, -0.15) is 0 Å². The van der Waals surface area contributed by atoms with Gasteiger partial charge in [-0.25, -0.2) is 0 Å². The fourth-order valence-electron chi connectivity index (χ4n) is 2.79. The molecule has 0 saturated carbocycles. The van der Waals surface area contributed by atoms with E-state index in [1.54, 1.807) is 7.11 Å². The molecule has 1 aromatic rings. The first kappa shape index (κ1) is 16.0. The molecule has 0 atom stereocenters. The van der Waals surface area contributed by atoms with E-state index < -0.39 is 0 Å². The number of hydrogen-bond donors (Lipinski definition) is 0. The Labute approximate surface area is 127 Å². The largest absolute Gasteiger partial charge is 0.496 e. The Balaban J connectivity index is 1.93. The summed E-state index contributed by atoms with van der Waals surface area (Å²) in [4.78, 5) is 14.7. The lowest BCUT2D eigenvalue weighted by Crippen LogP contribution is -2.40. The Morgan fingerprint density at radius 2 is 2.05 bits per heavy atom. The van der Waals surface area contributed by atoms with E-state index in [1.165, 1.54) is 0 Å². The van der Waals surface area contributed by atoms with Gasteiger partial charge < -0.3 is 9.47 Å². The molecule has 0 spiro atoms. The highest BCUT2D eigenvalue weighted by Crippen LogP contribution is 2.21. The van der Waals surface area contributed by atoms with Gasteiger partial charge in [0.2, 0.25) is 0 Å². The molecule has 1 aliphatic heterocycles. The maximum Gasteiger partial charge on any atom is 0.180 e. The second kappa shape index (κ2) is 7.57. The summed E-state index contributed by atoms with van der Waals surface area (Å²) < 4.78 is 11.0. The molecule has 0 bridgehead atoms. The molecule has 21 heavy (non-hydrogen) atoms.